The van der Waals surface area contributed by atoms with Crippen molar-refractivity contribution in [1.82, 2.24) is 0 Å². The molecule has 0 saturated heterocycles. The van der Waals surface area contributed by atoms with E-state index >= 15 is 0 Å². The normalized spacial score (nSPS) is 29.3. The Morgan fingerprint density at radius 3 is 2.19 bits per heavy atom. The van der Waals surface area contributed by atoms with Gasteiger partial charge in [-0.1, -0.05) is 0 Å². The third-order valence-corrected chi connectivity index (χ3v) is 7.21. The molecule has 4 aliphatic rings. The number of benzene rings is 1. The predicted octanol–water partition coefficient (Wildman–Crippen LogP) is 4.33. The monoisotopic (exact) mass is 431 g/mol. The molecule has 8 nitrogen and oxygen atoms in total. The van der Waals surface area contributed by atoms with E-state index in [1.807, 2.05) is 0 Å². The Labute approximate surface area is 181 Å². The first-order valence-corrected chi connectivity index (χ1v) is 11.0. The van der Waals surface area contributed by atoms with E-state index in [1.165, 1.54) is 32.4 Å². The maximum Gasteiger partial charge on any atom is 0.346 e. The number of carbonyl (C=O) groups is 2. The smallest absolute Gasteiger partial charge is 0.346 e. The van der Waals surface area contributed by atoms with Crippen LogP contribution in [0, 0.1) is 33.3 Å². The quantitative estimate of drug-likeness (QED) is 0.343. The average Bonchev–Trinajstić information content (AvgIpc) is 2.71. The molecular weight excluding hydrogens is 402 g/mol. The van der Waals surface area contributed by atoms with Gasteiger partial charge < -0.3 is 14.2 Å². The molecule has 0 aliphatic heterocycles. The van der Waals surface area contributed by atoms with Crippen molar-refractivity contribution in [3.05, 3.63) is 27.8 Å². The highest BCUT2D eigenvalue weighted by molar-refractivity contribution is 5.98. The van der Waals surface area contributed by atoms with Gasteiger partial charge in [-0.15, -0.1) is 0 Å². The second-order valence-electron chi connectivity index (χ2n) is 9.32. The summed E-state index contributed by atoms with van der Waals surface area (Å²) in [5.41, 5.74) is -1.10. The third kappa shape index (κ3) is 3.88. The van der Waals surface area contributed by atoms with Crippen molar-refractivity contribution in [2.45, 2.75) is 58.5 Å². The van der Waals surface area contributed by atoms with Crippen molar-refractivity contribution in [3.8, 4) is 11.5 Å². The fourth-order valence-corrected chi connectivity index (χ4v) is 6.41. The van der Waals surface area contributed by atoms with Gasteiger partial charge in [0.2, 0.25) is 0 Å². The maximum atomic E-state index is 13.4. The number of hydrogen-bond acceptors (Lipinski definition) is 7. The molecule has 0 aromatic heterocycles. The lowest BCUT2D eigenvalue weighted by Gasteiger charge is -2.56. The average molecular weight is 431 g/mol. The Bertz CT molecular complexity index is 874. The summed E-state index contributed by atoms with van der Waals surface area (Å²) in [6.45, 7) is 3.63. The molecule has 4 aliphatic carbocycles. The summed E-state index contributed by atoms with van der Waals surface area (Å²) in [6, 6.07) is 2.40. The molecule has 1 aromatic carbocycles. The molecule has 1 aromatic rings. The minimum absolute atomic E-state index is 0.0406. The van der Waals surface area contributed by atoms with E-state index < -0.39 is 28.1 Å². The van der Waals surface area contributed by atoms with Crippen LogP contribution < -0.4 is 9.47 Å². The summed E-state index contributed by atoms with van der Waals surface area (Å²) in [6.07, 6.45) is 5.28. The summed E-state index contributed by atoms with van der Waals surface area (Å²) < 4.78 is 16.1. The van der Waals surface area contributed by atoms with Crippen molar-refractivity contribution < 1.29 is 28.7 Å². The molecule has 168 valence electrons. The highest BCUT2D eigenvalue weighted by Crippen LogP contribution is 2.60. The topological polar surface area (TPSA) is 105 Å². The minimum atomic E-state index is -0.957. The summed E-state index contributed by atoms with van der Waals surface area (Å²) >= 11 is 0. The van der Waals surface area contributed by atoms with Crippen LogP contribution in [0.2, 0.25) is 0 Å². The standard InChI is InChI=1S/C23H29NO7/c1-4-30-20-8-17(18(24(27)28)9-19(20)29-3)22(26)31-13(2)21(25)23-10-14-5-15(11-23)7-16(6-14)12-23/h8-9,13-16H,4-7,10-12H2,1-3H3. The molecule has 1 atom stereocenters. The van der Waals surface area contributed by atoms with Crippen LogP contribution in [0.5, 0.6) is 11.5 Å². The van der Waals surface area contributed by atoms with Gasteiger partial charge in [0.05, 0.1) is 24.7 Å². The number of nitro groups is 1. The maximum absolute atomic E-state index is 13.4. The second kappa shape index (κ2) is 8.13. The molecular formula is C23H29NO7. The van der Waals surface area contributed by atoms with Crippen molar-refractivity contribution in [3.63, 3.8) is 0 Å². The van der Waals surface area contributed by atoms with E-state index in [2.05, 4.69) is 0 Å². The third-order valence-electron chi connectivity index (χ3n) is 7.21. The number of esters is 1. The zero-order valence-electron chi connectivity index (χ0n) is 18.2. The Hall–Kier alpha value is -2.64. The molecule has 0 N–H and O–H groups in total. The molecule has 0 heterocycles. The summed E-state index contributed by atoms with van der Waals surface area (Å²) in [5, 5.41) is 11.5. The number of carbonyl (C=O) groups excluding carboxylic acids is 2. The number of rotatable bonds is 8. The number of Topliss-reactive ketones (excluding diaryl/α,β-unsaturated/α-hetero) is 1. The lowest BCUT2D eigenvalue weighted by molar-refractivity contribution is -0.385. The van der Waals surface area contributed by atoms with Gasteiger partial charge in [-0.25, -0.2) is 4.79 Å². The lowest BCUT2D eigenvalue weighted by Crippen LogP contribution is -2.52. The Balaban J connectivity index is 1.55. The molecule has 0 radical (unpaired) electrons. The molecule has 1 unspecified atom stereocenters. The first-order valence-electron chi connectivity index (χ1n) is 11.0. The molecule has 5 rings (SSSR count). The van der Waals surface area contributed by atoms with Gasteiger partial charge in [-0.3, -0.25) is 14.9 Å². The number of methoxy groups -OCH3 is 1. The van der Waals surface area contributed by atoms with Crippen LogP contribution in [0.1, 0.15) is 62.7 Å². The molecule has 0 spiro atoms. The predicted molar refractivity (Wildman–Crippen MR) is 111 cm³/mol. The van der Waals surface area contributed by atoms with Gasteiger partial charge in [0.25, 0.3) is 5.69 Å². The van der Waals surface area contributed by atoms with Crippen LogP contribution in [0.4, 0.5) is 5.69 Å². The van der Waals surface area contributed by atoms with Crippen LogP contribution in [-0.4, -0.2) is 36.5 Å². The van der Waals surface area contributed by atoms with Crippen molar-refractivity contribution >= 4 is 17.4 Å². The van der Waals surface area contributed by atoms with Crippen LogP contribution in [-0.2, 0) is 9.53 Å². The zero-order chi connectivity index (χ0) is 22.3. The van der Waals surface area contributed by atoms with E-state index in [0.717, 1.165) is 25.3 Å². The van der Waals surface area contributed by atoms with Gasteiger partial charge in [0, 0.05) is 11.5 Å². The highest BCUT2D eigenvalue weighted by Gasteiger charge is 2.55. The van der Waals surface area contributed by atoms with E-state index in [-0.39, 0.29) is 22.8 Å². The van der Waals surface area contributed by atoms with Gasteiger partial charge in [-0.05, 0) is 70.1 Å². The van der Waals surface area contributed by atoms with Crippen LogP contribution in [0.15, 0.2) is 12.1 Å². The Morgan fingerprint density at radius 1 is 1.13 bits per heavy atom. The largest absolute Gasteiger partial charge is 0.493 e. The molecule has 8 heteroatoms. The van der Waals surface area contributed by atoms with Gasteiger partial charge in [0.1, 0.15) is 5.56 Å². The summed E-state index contributed by atoms with van der Waals surface area (Å²) in [4.78, 5) is 37.2. The first kappa shape index (κ1) is 21.6. The lowest BCUT2D eigenvalue weighted by atomic mass is 9.48. The van der Waals surface area contributed by atoms with Crippen molar-refractivity contribution in [2.75, 3.05) is 13.7 Å². The second-order valence-corrected chi connectivity index (χ2v) is 9.32. The summed E-state index contributed by atoms with van der Waals surface area (Å²) in [7, 11) is 1.37. The number of nitro benzene ring substituents is 1. The fourth-order valence-electron chi connectivity index (χ4n) is 6.41. The Morgan fingerprint density at radius 2 is 1.71 bits per heavy atom. The number of hydrogen-bond donors (Lipinski definition) is 0. The van der Waals surface area contributed by atoms with E-state index in [9.17, 15) is 19.7 Å². The summed E-state index contributed by atoms with van der Waals surface area (Å²) in [5.74, 6) is 1.20. The number of ether oxygens (including phenoxy) is 3. The zero-order valence-corrected chi connectivity index (χ0v) is 18.2. The van der Waals surface area contributed by atoms with Crippen LogP contribution >= 0.6 is 0 Å². The van der Waals surface area contributed by atoms with Crippen LogP contribution in [0.25, 0.3) is 0 Å². The number of nitrogens with zero attached hydrogens (tertiary/aromatic N) is 1. The highest BCUT2D eigenvalue weighted by atomic mass is 16.6. The van der Waals surface area contributed by atoms with Gasteiger partial charge in [-0.2, -0.15) is 0 Å². The van der Waals surface area contributed by atoms with Crippen LogP contribution in [0.3, 0.4) is 0 Å². The SMILES string of the molecule is CCOc1cc(C(=O)OC(C)C(=O)C23CC4CC(CC(C4)C2)C3)c([N+](=O)[O-])cc1OC. The fraction of sp³-hybridized carbons (Fsp3) is 0.652. The molecule has 31 heavy (non-hydrogen) atoms. The van der Waals surface area contributed by atoms with Gasteiger partial charge >= 0.3 is 5.97 Å². The van der Waals surface area contributed by atoms with E-state index in [0.29, 0.717) is 24.4 Å². The molecule has 4 bridgehead atoms. The number of ketones is 1. The van der Waals surface area contributed by atoms with E-state index in [4.69, 9.17) is 14.2 Å². The van der Waals surface area contributed by atoms with E-state index in [1.54, 1.807) is 13.8 Å². The first-order chi connectivity index (χ1) is 14.8. The van der Waals surface area contributed by atoms with Crippen molar-refractivity contribution in [1.29, 1.82) is 0 Å². The Kier molecular flexibility index (Phi) is 5.66. The van der Waals surface area contributed by atoms with Gasteiger partial charge in [0.15, 0.2) is 23.4 Å². The molecule has 4 saturated carbocycles. The molecule has 0 amide bonds. The molecule has 4 fully saturated rings. The minimum Gasteiger partial charge on any atom is -0.493 e. The van der Waals surface area contributed by atoms with Crippen molar-refractivity contribution in [2.24, 2.45) is 23.2 Å².